The summed E-state index contributed by atoms with van der Waals surface area (Å²) in [5, 5.41) is 10.2. The zero-order valence-corrected chi connectivity index (χ0v) is 12.9. The lowest BCUT2D eigenvalue weighted by Crippen LogP contribution is -2.17. The van der Waals surface area contributed by atoms with Crippen LogP contribution in [0.3, 0.4) is 0 Å². The summed E-state index contributed by atoms with van der Waals surface area (Å²) in [7, 11) is -4.23. The molecule has 0 unspecified atom stereocenters. The topological polar surface area (TPSA) is 83.5 Å². The van der Waals surface area contributed by atoms with E-state index < -0.39 is 21.8 Å². The highest BCUT2D eigenvalue weighted by atomic mass is 35.5. The Labute approximate surface area is 129 Å². The maximum atomic E-state index is 13.8. The molecule has 0 radical (unpaired) electrons. The molecule has 0 bridgehead atoms. The van der Waals surface area contributed by atoms with E-state index in [4.69, 9.17) is 16.7 Å². The van der Waals surface area contributed by atoms with Crippen LogP contribution >= 0.6 is 22.9 Å². The standard InChI is InChI=1S/C12H9ClFNO4S2/c1-6-5-20-10(12(16)17)11(6)21(18,19)15-8-4-2-3-7(13)9(8)14/h2-5,15H,1H3,(H,16,17). The second-order valence-corrected chi connectivity index (χ2v) is 7.00. The van der Waals surface area contributed by atoms with Crippen LogP contribution in [0, 0.1) is 12.7 Å². The van der Waals surface area contributed by atoms with Crippen molar-refractivity contribution in [3.8, 4) is 0 Å². The predicted molar refractivity (Wildman–Crippen MR) is 78.2 cm³/mol. The first kappa shape index (κ1) is 15.7. The lowest BCUT2D eigenvalue weighted by Gasteiger charge is -2.10. The Bertz CT molecular complexity index is 817. The van der Waals surface area contributed by atoms with Crippen molar-refractivity contribution >= 4 is 44.6 Å². The van der Waals surface area contributed by atoms with Gasteiger partial charge in [0.05, 0.1) is 10.7 Å². The Morgan fingerprint density at radius 2 is 2.10 bits per heavy atom. The molecule has 0 spiro atoms. The molecular weight excluding hydrogens is 341 g/mol. The largest absolute Gasteiger partial charge is 0.477 e. The van der Waals surface area contributed by atoms with Crippen LogP contribution in [0.4, 0.5) is 10.1 Å². The van der Waals surface area contributed by atoms with Crippen molar-refractivity contribution in [3.05, 3.63) is 44.9 Å². The van der Waals surface area contributed by atoms with E-state index in [1.165, 1.54) is 30.5 Å². The zero-order valence-electron chi connectivity index (χ0n) is 10.6. The molecule has 1 aromatic heterocycles. The van der Waals surface area contributed by atoms with Crippen molar-refractivity contribution in [2.45, 2.75) is 11.8 Å². The molecule has 0 aliphatic heterocycles. The zero-order chi connectivity index (χ0) is 15.8. The summed E-state index contributed by atoms with van der Waals surface area (Å²) in [6.45, 7) is 1.46. The van der Waals surface area contributed by atoms with E-state index >= 15 is 0 Å². The van der Waals surface area contributed by atoms with Gasteiger partial charge in [-0.1, -0.05) is 17.7 Å². The first-order valence-electron chi connectivity index (χ1n) is 5.52. The van der Waals surface area contributed by atoms with E-state index in [2.05, 4.69) is 0 Å². The number of hydrogen-bond donors (Lipinski definition) is 2. The fourth-order valence-corrected chi connectivity index (χ4v) is 4.56. The van der Waals surface area contributed by atoms with Gasteiger partial charge in [0.2, 0.25) is 0 Å². The van der Waals surface area contributed by atoms with Gasteiger partial charge in [-0.05, 0) is 30.0 Å². The minimum absolute atomic E-state index is 0.240. The first-order chi connectivity index (χ1) is 9.74. The molecule has 0 fully saturated rings. The maximum absolute atomic E-state index is 13.8. The molecule has 0 saturated heterocycles. The van der Waals surface area contributed by atoms with Crippen LogP contribution in [0.25, 0.3) is 0 Å². The molecule has 0 aliphatic carbocycles. The third-order valence-corrected chi connectivity index (χ3v) is 5.64. The third-order valence-electron chi connectivity index (χ3n) is 2.58. The quantitative estimate of drug-likeness (QED) is 0.886. The predicted octanol–water partition coefficient (Wildman–Crippen LogP) is 3.35. The van der Waals surface area contributed by atoms with E-state index in [-0.39, 0.29) is 26.0 Å². The number of hydrogen-bond acceptors (Lipinski definition) is 4. The Kier molecular flexibility index (Phi) is 4.22. The summed E-state index contributed by atoms with van der Waals surface area (Å²) in [6, 6.07) is 3.84. The summed E-state index contributed by atoms with van der Waals surface area (Å²) in [5.41, 5.74) is -0.0724. The van der Waals surface area contributed by atoms with Gasteiger partial charge in [0.25, 0.3) is 10.0 Å². The fourth-order valence-electron chi connectivity index (χ4n) is 1.69. The van der Waals surface area contributed by atoms with Crippen molar-refractivity contribution in [2.24, 2.45) is 0 Å². The van der Waals surface area contributed by atoms with Crippen molar-refractivity contribution in [1.29, 1.82) is 0 Å². The number of benzene rings is 1. The second kappa shape index (κ2) is 5.63. The average Bonchev–Trinajstić information content (AvgIpc) is 2.78. The lowest BCUT2D eigenvalue weighted by atomic mass is 10.3. The monoisotopic (exact) mass is 349 g/mol. The molecule has 112 valence electrons. The Morgan fingerprint density at radius 3 is 2.71 bits per heavy atom. The van der Waals surface area contributed by atoms with Gasteiger partial charge in [0, 0.05) is 0 Å². The van der Waals surface area contributed by atoms with E-state index in [0.717, 1.165) is 11.3 Å². The molecule has 0 aliphatic rings. The molecule has 9 heteroatoms. The SMILES string of the molecule is Cc1csc(C(=O)O)c1S(=O)(=O)Nc1cccc(Cl)c1F. The number of carbonyl (C=O) groups is 1. The van der Waals surface area contributed by atoms with Crippen LogP contribution in [-0.2, 0) is 10.0 Å². The van der Waals surface area contributed by atoms with Crippen molar-refractivity contribution < 1.29 is 22.7 Å². The van der Waals surface area contributed by atoms with Gasteiger partial charge in [-0.15, -0.1) is 11.3 Å². The number of carboxylic acids is 1. The van der Waals surface area contributed by atoms with Crippen LogP contribution in [0.5, 0.6) is 0 Å². The van der Waals surface area contributed by atoms with Gasteiger partial charge in [-0.2, -0.15) is 0 Å². The molecular formula is C12H9ClFNO4S2. The molecule has 2 N–H and O–H groups in total. The maximum Gasteiger partial charge on any atom is 0.347 e. The molecule has 0 atom stereocenters. The number of thiophene rings is 1. The van der Waals surface area contributed by atoms with Crippen LogP contribution in [0.15, 0.2) is 28.5 Å². The number of aryl methyl sites for hydroxylation is 1. The van der Waals surface area contributed by atoms with Crippen molar-refractivity contribution in [1.82, 2.24) is 0 Å². The highest BCUT2D eigenvalue weighted by Crippen LogP contribution is 2.30. The van der Waals surface area contributed by atoms with E-state index in [1.54, 1.807) is 0 Å². The van der Waals surface area contributed by atoms with E-state index in [1.807, 2.05) is 4.72 Å². The van der Waals surface area contributed by atoms with Gasteiger partial charge in [-0.25, -0.2) is 17.6 Å². The number of nitrogens with one attached hydrogen (secondary N) is 1. The normalized spacial score (nSPS) is 11.4. The van der Waals surface area contributed by atoms with Gasteiger partial charge in [0.1, 0.15) is 9.77 Å². The minimum Gasteiger partial charge on any atom is -0.477 e. The highest BCUT2D eigenvalue weighted by Gasteiger charge is 2.27. The summed E-state index contributed by atoms with van der Waals surface area (Å²) in [4.78, 5) is 10.4. The molecule has 21 heavy (non-hydrogen) atoms. The van der Waals surface area contributed by atoms with Crippen LogP contribution in [0.1, 0.15) is 15.2 Å². The molecule has 0 amide bonds. The lowest BCUT2D eigenvalue weighted by molar-refractivity contribution is 0.0698. The summed E-state index contributed by atoms with van der Waals surface area (Å²) >= 11 is 6.37. The van der Waals surface area contributed by atoms with E-state index in [0.29, 0.717) is 0 Å². The number of halogens is 2. The van der Waals surface area contributed by atoms with E-state index in [9.17, 15) is 17.6 Å². The van der Waals surface area contributed by atoms with Crippen molar-refractivity contribution in [2.75, 3.05) is 4.72 Å². The second-order valence-electron chi connectivity index (χ2n) is 4.09. The van der Waals surface area contributed by atoms with Gasteiger partial charge in [0.15, 0.2) is 5.82 Å². The Hall–Kier alpha value is -1.64. The number of sulfonamides is 1. The average molecular weight is 350 g/mol. The molecule has 1 heterocycles. The first-order valence-corrected chi connectivity index (χ1v) is 8.26. The summed E-state index contributed by atoms with van der Waals surface area (Å²) in [5.74, 6) is -2.28. The number of anilines is 1. The summed E-state index contributed by atoms with van der Waals surface area (Å²) < 4.78 is 40.4. The number of aromatic carboxylic acids is 1. The van der Waals surface area contributed by atoms with Crippen molar-refractivity contribution in [3.63, 3.8) is 0 Å². The molecule has 1 aromatic carbocycles. The Morgan fingerprint density at radius 1 is 1.43 bits per heavy atom. The third kappa shape index (κ3) is 3.02. The number of rotatable bonds is 4. The minimum atomic E-state index is -4.23. The van der Waals surface area contributed by atoms with Crippen LogP contribution < -0.4 is 4.72 Å². The smallest absolute Gasteiger partial charge is 0.347 e. The van der Waals surface area contributed by atoms with Crippen LogP contribution in [-0.4, -0.2) is 19.5 Å². The van der Waals surface area contributed by atoms with Gasteiger partial charge < -0.3 is 5.11 Å². The number of carboxylic acid groups (broad SMARTS) is 1. The summed E-state index contributed by atoms with van der Waals surface area (Å²) in [6.07, 6.45) is 0. The van der Waals surface area contributed by atoms with Gasteiger partial charge in [-0.3, -0.25) is 4.72 Å². The molecule has 0 saturated carbocycles. The van der Waals surface area contributed by atoms with Crippen LogP contribution in [0.2, 0.25) is 5.02 Å². The molecule has 5 nitrogen and oxygen atoms in total. The fraction of sp³-hybridized carbons (Fsp3) is 0.0833. The highest BCUT2D eigenvalue weighted by molar-refractivity contribution is 7.93. The molecule has 2 rings (SSSR count). The molecule has 2 aromatic rings. The Balaban J connectivity index is 2.51. The van der Waals surface area contributed by atoms with Gasteiger partial charge >= 0.3 is 5.97 Å².